The van der Waals surface area contributed by atoms with Crippen LogP contribution in [0.5, 0.6) is 5.75 Å². The van der Waals surface area contributed by atoms with Gasteiger partial charge in [0.05, 0.1) is 34.2 Å². The van der Waals surface area contributed by atoms with Crippen molar-refractivity contribution in [2.24, 2.45) is 5.10 Å². The molecule has 2 aromatic carbocycles. The summed E-state index contributed by atoms with van der Waals surface area (Å²) in [5.41, 5.74) is 2.20. The monoisotopic (exact) mass is 456 g/mol. The van der Waals surface area contributed by atoms with Gasteiger partial charge in [-0.05, 0) is 50.2 Å². The molecule has 0 fully saturated rings. The molecule has 9 heteroatoms. The third kappa shape index (κ3) is 4.68. The van der Waals surface area contributed by atoms with Crippen LogP contribution in [0.2, 0.25) is 0 Å². The Morgan fingerprint density at radius 2 is 1.72 bits per heavy atom. The van der Waals surface area contributed by atoms with Crippen molar-refractivity contribution in [2.45, 2.75) is 32.6 Å². The number of hydrogen-bond acceptors (Lipinski definition) is 6. The van der Waals surface area contributed by atoms with Crippen molar-refractivity contribution in [3.63, 3.8) is 0 Å². The Morgan fingerprint density at radius 1 is 1.06 bits per heavy atom. The van der Waals surface area contributed by atoms with Crippen molar-refractivity contribution in [1.29, 1.82) is 0 Å². The molecule has 0 aliphatic carbocycles. The highest BCUT2D eigenvalue weighted by molar-refractivity contribution is 7.89. The zero-order valence-corrected chi connectivity index (χ0v) is 19.5. The summed E-state index contributed by atoms with van der Waals surface area (Å²) < 4.78 is 32.3. The van der Waals surface area contributed by atoms with Crippen LogP contribution in [0.25, 0.3) is 0 Å². The van der Waals surface area contributed by atoms with Gasteiger partial charge in [0.2, 0.25) is 10.0 Å². The van der Waals surface area contributed by atoms with Crippen LogP contribution in [0, 0.1) is 0 Å². The van der Waals surface area contributed by atoms with Gasteiger partial charge in [-0.2, -0.15) is 14.4 Å². The second-order valence-electron chi connectivity index (χ2n) is 7.02. The molecule has 32 heavy (non-hydrogen) atoms. The molecular formula is C23H28N4O4S. The number of sulfonamides is 1. The Hall–Kier alpha value is -3.17. The van der Waals surface area contributed by atoms with Crippen LogP contribution in [0.1, 0.15) is 27.7 Å². The minimum Gasteiger partial charge on any atom is -0.492 e. The number of amides is 1. The molecule has 0 spiro atoms. The maximum atomic E-state index is 13.0. The third-order valence-corrected chi connectivity index (χ3v) is 7.11. The molecule has 1 aliphatic heterocycles. The minimum absolute atomic E-state index is 0.183. The van der Waals surface area contributed by atoms with E-state index in [4.69, 9.17) is 4.74 Å². The van der Waals surface area contributed by atoms with Gasteiger partial charge in [-0.25, -0.2) is 8.42 Å². The van der Waals surface area contributed by atoms with E-state index in [1.165, 1.54) is 21.4 Å². The number of benzene rings is 2. The minimum atomic E-state index is -3.56. The zero-order valence-electron chi connectivity index (χ0n) is 18.7. The summed E-state index contributed by atoms with van der Waals surface area (Å²) in [7, 11) is -3.56. The number of rotatable bonds is 9. The van der Waals surface area contributed by atoms with Gasteiger partial charge in [-0.3, -0.25) is 4.79 Å². The number of para-hydroxylation sites is 2. The Kier molecular flexibility index (Phi) is 7.32. The number of ether oxygens (including phenoxy) is 1. The van der Waals surface area contributed by atoms with Crippen LogP contribution in [-0.2, 0) is 14.8 Å². The van der Waals surface area contributed by atoms with Gasteiger partial charge in [0.1, 0.15) is 5.75 Å². The largest absolute Gasteiger partial charge is 0.492 e. The zero-order chi connectivity index (χ0) is 23.3. The van der Waals surface area contributed by atoms with Crippen molar-refractivity contribution < 1.29 is 17.9 Å². The lowest BCUT2D eigenvalue weighted by Crippen LogP contribution is -2.30. The van der Waals surface area contributed by atoms with E-state index in [0.29, 0.717) is 42.4 Å². The molecule has 1 N–H and O–H groups in total. The molecular weight excluding hydrogens is 428 g/mol. The van der Waals surface area contributed by atoms with Crippen molar-refractivity contribution in [3.05, 3.63) is 60.3 Å². The summed E-state index contributed by atoms with van der Waals surface area (Å²) in [5.74, 6) is 0.386. The molecule has 1 aliphatic rings. The van der Waals surface area contributed by atoms with Crippen molar-refractivity contribution in [2.75, 3.05) is 30.0 Å². The molecule has 1 heterocycles. The van der Waals surface area contributed by atoms with E-state index in [0.717, 1.165) is 5.69 Å². The predicted octanol–water partition coefficient (Wildman–Crippen LogP) is 3.83. The summed E-state index contributed by atoms with van der Waals surface area (Å²) in [5, 5.41) is 8.75. The van der Waals surface area contributed by atoms with E-state index in [-0.39, 0.29) is 10.8 Å². The van der Waals surface area contributed by atoms with Crippen LogP contribution in [-0.4, -0.2) is 44.0 Å². The van der Waals surface area contributed by atoms with E-state index in [9.17, 15) is 13.2 Å². The molecule has 8 nitrogen and oxygen atoms in total. The summed E-state index contributed by atoms with van der Waals surface area (Å²) in [6.45, 7) is 8.56. The average Bonchev–Trinajstić information content (AvgIpc) is 3.07. The standard InChI is InChI=1S/C23H28N4O4S/c1-5-26(6-2)32(29,30)19-14-12-18(13-15-19)27-23(28)20(17(4)25-27)16-24-21-10-8-9-11-22(21)31-7-3/h8-16,24H,5-7H2,1-4H3/b20-16-. The molecule has 0 bridgehead atoms. The SMILES string of the molecule is CCOc1ccccc1N/C=C1\C(=O)N(c2ccc(S(=O)(=O)N(CC)CC)cc2)N=C1C. The number of hydrazone groups is 1. The van der Waals surface area contributed by atoms with Crippen LogP contribution >= 0.6 is 0 Å². The lowest BCUT2D eigenvalue weighted by Gasteiger charge is -2.19. The molecule has 0 atom stereocenters. The maximum Gasteiger partial charge on any atom is 0.282 e. The van der Waals surface area contributed by atoms with Crippen molar-refractivity contribution in [1.82, 2.24) is 4.31 Å². The summed E-state index contributed by atoms with van der Waals surface area (Å²) >= 11 is 0. The third-order valence-electron chi connectivity index (χ3n) is 5.05. The average molecular weight is 457 g/mol. The fourth-order valence-electron chi connectivity index (χ4n) is 3.35. The first-order valence-electron chi connectivity index (χ1n) is 10.5. The van der Waals surface area contributed by atoms with Crippen molar-refractivity contribution >= 4 is 33.0 Å². The summed E-state index contributed by atoms with van der Waals surface area (Å²) in [6.07, 6.45) is 1.61. The van der Waals surface area contributed by atoms with Gasteiger partial charge in [0.15, 0.2) is 0 Å². The molecule has 3 rings (SSSR count). The smallest absolute Gasteiger partial charge is 0.282 e. The Morgan fingerprint density at radius 3 is 2.34 bits per heavy atom. The first-order chi connectivity index (χ1) is 15.3. The van der Waals surface area contributed by atoms with E-state index in [1.807, 2.05) is 31.2 Å². The van der Waals surface area contributed by atoms with Crippen LogP contribution in [0.4, 0.5) is 11.4 Å². The molecule has 0 unspecified atom stereocenters. The normalized spacial score (nSPS) is 15.4. The van der Waals surface area contributed by atoms with Crippen LogP contribution in [0.15, 0.2) is 70.3 Å². The van der Waals surface area contributed by atoms with Gasteiger partial charge < -0.3 is 10.1 Å². The lowest BCUT2D eigenvalue weighted by molar-refractivity contribution is -0.114. The van der Waals surface area contributed by atoms with E-state index < -0.39 is 10.0 Å². The molecule has 0 saturated heterocycles. The van der Waals surface area contributed by atoms with E-state index >= 15 is 0 Å². The fourth-order valence-corrected chi connectivity index (χ4v) is 4.81. The van der Waals surface area contributed by atoms with Gasteiger partial charge in [0.25, 0.3) is 5.91 Å². The fraction of sp³-hybridized carbons (Fsp3) is 0.304. The molecule has 170 valence electrons. The number of anilines is 2. The molecule has 0 aromatic heterocycles. The van der Waals surface area contributed by atoms with Gasteiger partial charge in [0, 0.05) is 19.3 Å². The molecule has 1 amide bonds. The Labute approximate surface area is 189 Å². The molecule has 2 aromatic rings. The number of nitrogens with one attached hydrogen (secondary N) is 1. The quantitative estimate of drug-likeness (QED) is 0.579. The van der Waals surface area contributed by atoms with E-state index in [2.05, 4.69) is 10.4 Å². The first-order valence-corrected chi connectivity index (χ1v) is 12.0. The van der Waals surface area contributed by atoms with E-state index in [1.54, 1.807) is 39.1 Å². The maximum absolute atomic E-state index is 13.0. The Bertz CT molecular complexity index is 1140. The summed E-state index contributed by atoms with van der Waals surface area (Å²) in [4.78, 5) is 13.2. The highest BCUT2D eigenvalue weighted by atomic mass is 32.2. The topological polar surface area (TPSA) is 91.3 Å². The predicted molar refractivity (Wildman–Crippen MR) is 126 cm³/mol. The highest BCUT2D eigenvalue weighted by Gasteiger charge is 2.29. The first kappa shape index (κ1) is 23.5. The number of nitrogens with zero attached hydrogens (tertiary/aromatic N) is 3. The number of hydrogen-bond donors (Lipinski definition) is 1. The second-order valence-corrected chi connectivity index (χ2v) is 8.96. The lowest BCUT2D eigenvalue weighted by atomic mass is 10.2. The Balaban J connectivity index is 1.81. The second kappa shape index (κ2) is 9.97. The van der Waals surface area contributed by atoms with Gasteiger partial charge >= 0.3 is 0 Å². The molecule has 0 saturated carbocycles. The van der Waals surface area contributed by atoms with Crippen LogP contribution in [0.3, 0.4) is 0 Å². The van der Waals surface area contributed by atoms with Crippen molar-refractivity contribution in [3.8, 4) is 5.75 Å². The number of carbonyl (C=O) groups excluding carboxylic acids is 1. The molecule has 0 radical (unpaired) electrons. The summed E-state index contributed by atoms with van der Waals surface area (Å²) in [6, 6.07) is 13.6. The highest BCUT2D eigenvalue weighted by Crippen LogP contribution is 2.27. The van der Waals surface area contributed by atoms with Crippen LogP contribution < -0.4 is 15.1 Å². The van der Waals surface area contributed by atoms with Gasteiger partial charge in [-0.15, -0.1) is 0 Å². The van der Waals surface area contributed by atoms with Gasteiger partial charge in [-0.1, -0.05) is 26.0 Å². The number of carbonyl (C=O) groups is 1.